The Hall–Kier alpha value is -1.20. The fourth-order valence-corrected chi connectivity index (χ4v) is 3.75. The summed E-state index contributed by atoms with van der Waals surface area (Å²) >= 11 is 5.04. The van der Waals surface area contributed by atoms with Gasteiger partial charge in [0.15, 0.2) is 0 Å². The number of ether oxygens (including phenoxy) is 1. The van der Waals surface area contributed by atoms with E-state index in [1.165, 1.54) is 29.5 Å². The van der Waals surface area contributed by atoms with Crippen molar-refractivity contribution in [2.45, 2.75) is 17.1 Å². The van der Waals surface area contributed by atoms with E-state index < -0.39 is 0 Å². The van der Waals surface area contributed by atoms with Crippen LogP contribution in [0, 0.1) is 5.82 Å². The minimum Gasteiger partial charge on any atom is -0.493 e. The van der Waals surface area contributed by atoms with Crippen molar-refractivity contribution in [3.8, 4) is 5.75 Å². The fourth-order valence-electron chi connectivity index (χ4n) is 2.24. The summed E-state index contributed by atoms with van der Waals surface area (Å²) in [6, 6.07) is 8.58. The lowest BCUT2D eigenvalue weighted by Gasteiger charge is -2.10. The topological polar surface area (TPSA) is 35.2 Å². The van der Waals surface area contributed by atoms with Crippen LogP contribution in [0.4, 0.5) is 10.1 Å². The quantitative estimate of drug-likeness (QED) is 0.656. The first-order valence-electron chi connectivity index (χ1n) is 6.25. The Morgan fingerprint density at radius 3 is 3.00 bits per heavy atom. The number of thioether (sulfide) groups is 1. The molecule has 2 N–H and O–H groups in total. The van der Waals surface area contributed by atoms with Crippen molar-refractivity contribution in [1.82, 2.24) is 0 Å². The molecular formula is C15H13BrFNOS. The largest absolute Gasteiger partial charge is 0.493 e. The number of hydrogen-bond acceptors (Lipinski definition) is 3. The van der Waals surface area contributed by atoms with Crippen LogP contribution < -0.4 is 10.5 Å². The van der Waals surface area contributed by atoms with Gasteiger partial charge in [0.25, 0.3) is 0 Å². The molecule has 1 aliphatic heterocycles. The highest BCUT2D eigenvalue weighted by Crippen LogP contribution is 2.37. The predicted molar refractivity (Wildman–Crippen MR) is 83.7 cm³/mol. The average Bonchev–Trinajstić information content (AvgIpc) is 2.87. The molecule has 5 heteroatoms. The zero-order valence-electron chi connectivity index (χ0n) is 10.7. The molecule has 0 aliphatic carbocycles. The summed E-state index contributed by atoms with van der Waals surface area (Å²) in [5, 5.41) is 0. The van der Waals surface area contributed by atoms with Crippen LogP contribution in [-0.4, -0.2) is 6.61 Å². The Morgan fingerprint density at radius 1 is 1.30 bits per heavy atom. The molecule has 0 saturated carbocycles. The highest BCUT2D eigenvalue weighted by Gasteiger charge is 2.17. The van der Waals surface area contributed by atoms with Gasteiger partial charge in [-0.05, 0) is 35.9 Å². The predicted octanol–water partition coefficient (Wildman–Crippen LogP) is 4.40. The van der Waals surface area contributed by atoms with Gasteiger partial charge in [-0.2, -0.15) is 0 Å². The minimum atomic E-state index is -0.266. The number of nitrogens with two attached hydrogens (primary N) is 1. The standard InChI is InChI=1S/C15H13BrFNOS/c16-11-5-9-3-4-19-15(9)10(6-11)8-20-14-7-12(17)1-2-13(14)18/h1-2,5-7H,3-4,8,18H2. The van der Waals surface area contributed by atoms with Crippen LogP contribution in [0.3, 0.4) is 0 Å². The van der Waals surface area contributed by atoms with Crippen LogP contribution in [0.25, 0.3) is 0 Å². The molecule has 2 aromatic rings. The van der Waals surface area contributed by atoms with Crippen molar-refractivity contribution >= 4 is 33.4 Å². The summed E-state index contributed by atoms with van der Waals surface area (Å²) in [4.78, 5) is 0.761. The lowest BCUT2D eigenvalue weighted by molar-refractivity contribution is 0.354. The Bertz CT molecular complexity index is 663. The molecule has 0 atom stereocenters. The molecule has 1 heterocycles. The number of halogens is 2. The van der Waals surface area contributed by atoms with Gasteiger partial charge in [0.05, 0.1) is 6.61 Å². The first-order valence-corrected chi connectivity index (χ1v) is 8.03. The molecule has 2 nitrogen and oxygen atoms in total. The molecule has 0 spiro atoms. The van der Waals surface area contributed by atoms with E-state index in [-0.39, 0.29) is 5.82 Å². The first-order chi connectivity index (χ1) is 9.63. The van der Waals surface area contributed by atoms with Gasteiger partial charge >= 0.3 is 0 Å². The zero-order chi connectivity index (χ0) is 14.1. The van der Waals surface area contributed by atoms with E-state index in [0.717, 1.165) is 33.7 Å². The molecule has 2 aromatic carbocycles. The third kappa shape index (κ3) is 2.79. The molecule has 1 aliphatic rings. The van der Waals surface area contributed by atoms with Gasteiger partial charge in [-0.3, -0.25) is 0 Å². The summed E-state index contributed by atoms with van der Waals surface area (Å²) in [5.41, 5.74) is 8.81. The van der Waals surface area contributed by atoms with Crippen molar-refractivity contribution in [2.24, 2.45) is 0 Å². The number of anilines is 1. The second-order valence-corrected chi connectivity index (χ2v) is 6.56. The van der Waals surface area contributed by atoms with Crippen molar-refractivity contribution < 1.29 is 9.13 Å². The normalized spacial score (nSPS) is 13.1. The van der Waals surface area contributed by atoms with E-state index in [1.54, 1.807) is 6.07 Å². The van der Waals surface area contributed by atoms with Crippen LogP contribution in [0.2, 0.25) is 0 Å². The Balaban J connectivity index is 1.84. The van der Waals surface area contributed by atoms with Crippen LogP contribution >= 0.6 is 27.7 Å². The molecule has 0 radical (unpaired) electrons. The number of hydrogen-bond donors (Lipinski definition) is 1. The van der Waals surface area contributed by atoms with E-state index in [9.17, 15) is 4.39 Å². The van der Waals surface area contributed by atoms with Gasteiger partial charge in [0.1, 0.15) is 11.6 Å². The van der Waals surface area contributed by atoms with Gasteiger partial charge in [0.2, 0.25) is 0 Å². The van der Waals surface area contributed by atoms with E-state index in [0.29, 0.717) is 11.4 Å². The molecule has 0 bridgehead atoms. The Kier molecular flexibility index (Phi) is 3.89. The molecule has 0 amide bonds. The van der Waals surface area contributed by atoms with Crippen molar-refractivity contribution in [3.05, 3.63) is 51.7 Å². The molecular weight excluding hydrogens is 341 g/mol. The van der Waals surface area contributed by atoms with Gasteiger partial charge in [-0.15, -0.1) is 11.8 Å². The van der Waals surface area contributed by atoms with Crippen LogP contribution in [-0.2, 0) is 12.2 Å². The fraction of sp³-hybridized carbons (Fsp3) is 0.200. The van der Waals surface area contributed by atoms with Gasteiger partial charge < -0.3 is 10.5 Å². The maximum absolute atomic E-state index is 13.3. The number of fused-ring (bicyclic) bond motifs is 1. The molecule has 20 heavy (non-hydrogen) atoms. The molecule has 0 fully saturated rings. The van der Waals surface area contributed by atoms with Crippen LogP contribution in [0.15, 0.2) is 39.7 Å². The smallest absolute Gasteiger partial charge is 0.126 e. The maximum atomic E-state index is 13.3. The molecule has 0 unspecified atom stereocenters. The van der Waals surface area contributed by atoms with Crippen LogP contribution in [0.5, 0.6) is 5.75 Å². The van der Waals surface area contributed by atoms with E-state index in [1.807, 2.05) is 6.07 Å². The number of rotatable bonds is 3. The lowest BCUT2D eigenvalue weighted by Crippen LogP contribution is -1.93. The van der Waals surface area contributed by atoms with E-state index in [2.05, 4.69) is 22.0 Å². The summed E-state index contributed by atoms with van der Waals surface area (Å²) in [5.74, 6) is 1.41. The third-order valence-electron chi connectivity index (χ3n) is 3.18. The maximum Gasteiger partial charge on any atom is 0.126 e. The molecule has 3 rings (SSSR count). The first kappa shape index (κ1) is 13.8. The van der Waals surface area contributed by atoms with Crippen molar-refractivity contribution in [1.29, 1.82) is 0 Å². The van der Waals surface area contributed by atoms with Crippen LogP contribution in [0.1, 0.15) is 11.1 Å². The van der Waals surface area contributed by atoms with Gasteiger partial charge in [-0.1, -0.05) is 15.9 Å². The second kappa shape index (κ2) is 5.66. The Morgan fingerprint density at radius 2 is 2.15 bits per heavy atom. The molecule has 104 valence electrons. The van der Waals surface area contributed by atoms with Gasteiger partial charge in [-0.25, -0.2) is 4.39 Å². The summed E-state index contributed by atoms with van der Waals surface area (Å²) < 4.78 is 20.0. The summed E-state index contributed by atoms with van der Waals surface area (Å²) in [7, 11) is 0. The number of nitrogen functional groups attached to an aromatic ring is 1. The van der Waals surface area contributed by atoms with Gasteiger partial charge in [0, 0.05) is 32.8 Å². The van der Waals surface area contributed by atoms with Crippen molar-refractivity contribution in [3.63, 3.8) is 0 Å². The van der Waals surface area contributed by atoms with E-state index >= 15 is 0 Å². The highest BCUT2D eigenvalue weighted by atomic mass is 79.9. The third-order valence-corrected chi connectivity index (χ3v) is 4.76. The minimum absolute atomic E-state index is 0.266. The lowest BCUT2D eigenvalue weighted by atomic mass is 10.1. The molecule has 0 aromatic heterocycles. The van der Waals surface area contributed by atoms with E-state index in [4.69, 9.17) is 10.5 Å². The summed E-state index contributed by atoms with van der Waals surface area (Å²) in [6.07, 6.45) is 0.939. The Labute approximate surface area is 129 Å². The zero-order valence-corrected chi connectivity index (χ0v) is 13.1. The monoisotopic (exact) mass is 353 g/mol. The highest BCUT2D eigenvalue weighted by molar-refractivity contribution is 9.10. The average molecular weight is 354 g/mol. The SMILES string of the molecule is Nc1ccc(F)cc1SCc1cc(Br)cc2c1OCC2. The van der Waals surface area contributed by atoms with Crippen molar-refractivity contribution in [2.75, 3.05) is 12.3 Å². The molecule has 0 saturated heterocycles. The number of benzene rings is 2. The summed E-state index contributed by atoms with van der Waals surface area (Å²) in [6.45, 7) is 0.728. The second-order valence-electron chi connectivity index (χ2n) is 4.62.